The fourth-order valence-corrected chi connectivity index (χ4v) is 3.19. The average Bonchev–Trinajstić information content (AvgIpc) is 3.07. The molecule has 1 atom stereocenters. The number of amides is 2. The molecule has 2 amide bonds. The Morgan fingerprint density at radius 3 is 2.71 bits per heavy atom. The zero-order valence-electron chi connectivity index (χ0n) is 13.2. The molecule has 0 bridgehead atoms. The summed E-state index contributed by atoms with van der Waals surface area (Å²) in [6.45, 7) is 0.696. The zero-order chi connectivity index (χ0) is 17.1. The Morgan fingerprint density at radius 2 is 2.04 bits per heavy atom. The third kappa shape index (κ3) is 3.59. The number of rotatable bonds is 4. The number of nitrogens with two attached hydrogens (primary N) is 1. The molecule has 2 aromatic rings. The molecule has 1 aliphatic heterocycles. The van der Waals surface area contributed by atoms with Crippen LogP contribution in [0.1, 0.15) is 47.1 Å². The van der Waals surface area contributed by atoms with Crippen molar-refractivity contribution in [3.63, 3.8) is 0 Å². The van der Waals surface area contributed by atoms with E-state index in [2.05, 4.69) is 10.2 Å². The van der Waals surface area contributed by atoms with Crippen LogP contribution in [0.2, 0.25) is 5.02 Å². The lowest BCUT2D eigenvalue weighted by molar-refractivity contribution is -0.134. The summed E-state index contributed by atoms with van der Waals surface area (Å²) < 4.78 is 0. The molecule has 1 unspecified atom stereocenters. The van der Waals surface area contributed by atoms with E-state index in [4.69, 9.17) is 17.3 Å². The van der Waals surface area contributed by atoms with Gasteiger partial charge in [-0.05, 0) is 43.0 Å². The predicted molar refractivity (Wildman–Crippen MR) is 90.6 cm³/mol. The molecule has 0 saturated carbocycles. The second-order valence-corrected chi connectivity index (χ2v) is 6.41. The number of carbonyl (C=O) groups is 2. The predicted octanol–water partition coefficient (Wildman–Crippen LogP) is 2.46. The van der Waals surface area contributed by atoms with E-state index >= 15 is 0 Å². The Kier molecular flexibility index (Phi) is 4.85. The summed E-state index contributed by atoms with van der Waals surface area (Å²) in [7, 11) is 0. The van der Waals surface area contributed by atoms with Crippen LogP contribution in [0.3, 0.4) is 0 Å². The summed E-state index contributed by atoms with van der Waals surface area (Å²) in [6, 6.07) is 8.83. The van der Waals surface area contributed by atoms with Gasteiger partial charge in [0.15, 0.2) is 0 Å². The number of benzene rings is 1. The van der Waals surface area contributed by atoms with Gasteiger partial charge < -0.3 is 10.6 Å². The molecule has 1 fully saturated rings. The molecular weight excluding hydrogens is 328 g/mol. The molecule has 1 saturated heterocycles. The van der Waals surface area contributed by atoms with Crippen molar-refractivity contribution in [3.05, 3.63) is 52.3 Å². The maximum atomic E-state index is 12.7. The highest BCUT2D eigenvalue weighted by molar-refractivity contribution is 6.30. The number of piperidine rings is 1. The lowest BCUT2D eigenvalue weighted by atomic mass is 9.98. The van der Waals surface area contributed by atoms with Crippen LogP contribution in [0.5, 0.6) is 0 Å². The van der Waals surface area contributed by atoms with Crippen molar-refractivity contribution in [2.24, 2.45) is 5.73 Å². The van der Waals surface area contributed by atoms with Gasteiger partial charge in [-0.3, -0.25) is 14.7 Å². The Balaban J connectivity index is 1.76. The standard InChI is InChI=1S/C17H19ClN4O2/c18-12-6-4-11(5-7-12)9-16(23)22-8-2-1-3-15(22)13-10-14(17(19)24)21-20-13/h4-7,10,15H,1-3,8-9H2,(H2,19,24)(H,20,21). The zero-order valence-corrected chi connectivity index (χ0v) is 13.9. The number of hydrogen-bond donors (Lipinski definition) is 2. The summed E-state index contributed by atoms with van der Waals surface area (Å²) in [5.74, 6) is -0.524. The minimum atomic E-state index is -0.577. The summed E-state index contributed by atoms with van der Waals surface area (Å²) in [5.41, 5.74) is 7.13. The fourth-order valence-electron chi connectivity index (χ4n) is 3.07. The monoisotopic (exact) mass is 346 g/mol. The maximum Gasteiger partial charge on any atom is 0.269 e. The van der Waals surface area contributed by atoms with Crippen LogP contribution in [0.4, 0.5) is 0 Å². The van der Waals surface area contributed by atoms with Gasteiger partial charge in [0.25, 0.3) is 5.91 Å². The number of H-pyrrole nitrogens is 1. The molecule has 0 aliphatic carbocycles. The van der Waals surface area contributed by atoms with Crippen LogP contribution >= 0.6 is 11.6 Å². The highest BCUT2D eigenvalue weighted by atomic mass is 35.5. The third-order valence-electron chi connectivity index (χ3n) is 4.30. The Bertz CT molecular complexity index is 741. The molecule has 3 rings (SSSR count). The Hall–Kier alpha value is -2.34. The number of aromatic nitrogens is 2. The van der Waals surface area contributed by atoms with Gasteiger partial charge in [-0.25, -0.2) is 0 Å². The van der Waals surface area contributed by atoms with Gasteiger partial charge >= 0.3 is 0 Å². The smallest absolute Gasteiger partial charge is 0.269 e. The molecule has 6 nitrogen and oxygen atoms in total. The molecule has 126 valence electrons. The first-order valence-corrected chi connectivity index (χ1v) is 8.31. The molecule has 1 aromatic heterocycles. The van der Waals surface area contributed by atoms with Crippen molar-refractivity contribution in [2.45, 2.75) is 31.7 Å². The van der Waals surface area contributed by atoms with E-state index < -0.39 is 5.91 Å². The molecule has 0 radical (unpaired) electrons. The second kappa shape index (κ2) is 7.05. The minimum absolute atomic E-state index is 0.0530. The van der Waals surface area contributed by atoms with E-state index in [-0.39, 0.29) is 17.6 Å². The van der Waals surface area contributed by atoms with Crippen LogP contribution < -0.4 is 5.73 Å². The number of nitrogens with zero attached hydrogens (tertiary/aromatic N) is 2. The first-order valence-electron chi connectivity index (χ1n) is 7.93. The summed E-state index contributed by atoms with van der Waals surface area (Å²) in [4.78, 5) is 25.8. The maximum absolute atomic E-state index is 12.7. The van der Waals surface area contributed by atoms with Crippen LogP contribution in [0.25, 0.3) is 0 Å². The summed E-state index contributed by atoms with van der Waals surface area (Å²) in [6.07, 6.45) is 3.16. The van der Waals surface area contributed by atoms with Gasteiger partial charge in [-0.1, -0.05) is 23.7 Å². The summed E-state index contributed by atoms with van der Waals surface area (Å²) >= 11 is 5.88. The Labute approximate surface area is 145 Å². The highest BCUT2D eigenvalue weighted by Gasteiger charge is 2.29. The number of likely N-dealkylation sites (tertiary alicyclic amines) is 1. The number of carbonyl (C=O) groups excluding carboxylic acids is 2. The quantitative estimate of drug-likeness (QED) is 0.890. The number of aromatic amines is 1. The van der Waals surface area contributed by atoms with Crippen molar-refractivity contribution < 1.29 is 9.59 Å². The number of halogens is 1. The van der Waals surface area contributed by atoms with Crippen molar-refractivity contribution in [1.29, 1.82) is 0 Å². The lowest BCUT2D eigenvalue weighted by Gasteiger charge is -2.35. The number of nitrogens with one attached hydrogen (secondary N) is 1. The normalized spacial score (nSPS) is 17.7. The first-order chi connectivity index (χ1) is 11.5. The number of hydrogen-bond acceptors (Lipinski definition) is 3. The number of primary amides is 1. The van der Waals surface area contributed by atoms with E-state index in [1.165, 1.54) is 0 Å². The van der Waals surface area contributed by atoms with Crippen molar-refractivity contribution in [3.8, 4) is 0 Å². The van der Waals surface area contributed by atoms with Crippen LogP contribution in [-0.2, 0) is 11.2 Å². The van der Waals surface area contributed by atoms with E-state index in [1.807, 2.05) is 17.0 Å². The third-order valence-corrected chi connectivity index (χ3v) is 4.55. The van der Waals surface area contributed by atoms with Gasteiger partial charge in [0.1, 0.15) is 5.69 Å². The van der Waals surface area contributed by atoms with E-state index in [0.29, 0.717) is 18.0 Å². The SMILES string of the molecule is NC(=O)c1cc(C2CCCCN2C(=O)Cc2ccc(Cl)cc2)[nH]n1. The molecule has 2 heterocycles. The molecule has 1 aromatic carbocycles. The van der Waals surface area contributed by atoms with Gasteiger partial charge in [-0.2, -0.15) is 5.10 Å². The Morgan fingerprint density at radius 1 is 1.29 bits per heavy atom. The van der Waals surface area contributed by atoms with Crippen molar-refractivity contribution >= 4 is 23.4 Å². The first kappa shape index (κ1) is 16.5. The average molecular weight is 347 g/mol. The van der Waals surface area contributed by atoms with Crippen LogP contribution in [0.15, 0.2) is 30.3 Å². The molecule has 3 N–H and O–H groups in total. The molecule has 24 heavy (non-hydrogen) atoms. The van der Waals surface area contributed by atoms with E-state index in [9.17, 15) is 9.59 Å². The molecule has 7 heteroatoms. The van der Waals surface area contributed by atoms with Gasteiger partial charge in [0.2, 0.25) is 5.91 Å². The summed E-state index contributed by atoms with van der Waals surface area (Å²) in [5, 5.41) is 7.43. The van der Waals surface area contributed by atoms with E-state index in [0.717, 1.165) is 30.5 Å². The van der Waals surface area contributed by atoms with Crippen molar-refractivity contribution in [2.75, 3.05) is 6.54 Å². The van der Waals surface area contributed by atoms with Crippen LogP contribution in [0, 0.1) is 0 Å². The van der Waals surface area contributed by atoms with E-state index in [1.54, 1.807) is 18.2 Å². The topological polar surface area (TPSA) is 92.1 Å². The van der Waals surface area contributed by atoms with Gasteiger partial charge in [-0.15, -0.1) is 0 Å². The highest BCUT2D eigenvalue weighted by Crippen LogP contribution is 2.30. The van der Waals surface area contributed by atoms with Gasteiger partial charge in [0, 0.05) is 11.6 Å². The van der Waals surface area contributed by atoms with Crippen LogP contribution in [-0.4, -0.2) is 33.5 Å². The molecule has 1 aliphatic rings. The van der Waals surface area contributed by atoms with Crippen molar-refractivity contribution in [1.82, 2.24) is 15.1 Å². The van der Waals surface area contributed by atoms with Gasteiger partial charge in [0.05, 0.1) is 18.2 Å². The second-order valence-electron chi connectivity index (χ2n) is 5.97. The molecular formula is C17H19ClN4O2. The lowest BCUT2D eigenvalue weighted by Crippen LogP contribution is -2.39. The molecule has 0 spiro atoms. The fraction of sp³-hybridized carbons (Fsp3) is 0.353. The minimum Gasteiger partial charge on any atom is -0.364 e. The largest absolute Gasteiger partial charge is 0.364 e.